The Balaban J connectivity index is 1.82. The molecule has 6 heteroatoms. The molecule has 0 aliphatic carbocycles. The first-order valence-electron chi connectivity index (χ1n) is 8.37. The lowest BCUT2D eigenvalue weighted by atomic mass is 10.0. The second kappa shape index (κ2) is 6.15. The highest BCUT2D eigenvalue weighted by atomic mass is 35.5. The predicted molar refractivity (Wildman–Crippen MR) is 96.3 cm³/mol. The third-order valence-corrected chi connectivity index (χ3v) is 5.07. The Morgan fingerprint density at radius 2 is 2.12 bits per heavy atom. The number of nitrogens with zero attached hydrogens (tertiary/aromatic N) is 1. The molecular formula is C19H19ClN2O3. The monoisotopic (exact) mass is 358 g/mol. The van der Waals surface area contributed by atoms with E-state index in [1.165, 1.54) is 0 Å². The van der Waals surface area contributed by atoms with Crippen molar-refractivity contribution >= 4 is 23.2 Å². The Bertz CT molecular complexity index is 839. The van der Waals surface area contributed by atoms with Gasteiger partial charge in [-0.15, -0.1) is 0 Å². The van der Waals surface area contributed by atoms with Crippen LogP contribution < -0.4 is 14.8 Å². The number of hydrogen-bond donors (Lipinski definition) is 1. The van der Waals surface area contributed by atoms with E-state index in [2.05, 4.69) is 19.2 Å². The fourth-order valence-electron chi connectivity index (χ4n) is 3.31. The first kappa shape index (κ1) is 16.1. The van der Waals surface area contributed by atoms with Crippen molar-refractivity contribution in [1.82, 2.24) is 4.90 Å². The maximum atomic E-state index is 13.1. The van der Waals surface area contributed by atoms with Gasteiger partial charge in [-0.3, -0.25) is 4.79 Å². The zero-order valence-electron chi connectivity index (χ0n) is 14.1. The summed E-state index contributed by atoms with van der Waals surface area (Å²) in [5, 5.41) is 3.97. The van der Waals surface area contributed by atoms with Gasteiger partial charge in [-0.25, -0.2) is 0 Å². The lowest BCUT2D eigenvalue weighted by molar-refractivity contribution is 0.0593. The summed E-state index contributed by atoms with van der Waals surface area (Å²) < 4.78 is 10.9. The van der Waals surface area contributed by atoms with Gasteiger partial charge in [0.15, 0.2) is 11.5 Å². The summed E-state index contributed by atoms with van der Waals surface area (Å²) in [7, 11) is 0. The third kappa shape index (κ3) is 2.59. The summed E-state index contributed by atoms with van der Waals surface area (Å²) in [6, 6.07) is 11.4. The van der Waals surface area contributed by atoms with Crippen LogP contribution in [0.2, 0.25) is 5.02 Å². The van der Waals surface area contributed by atoms with Gasteiger partial charge in [0.25, 0.3) is 5.91 Å². The van der Waals surface area contributed by atoms with Crippen LogP contribution >= 0.6 is 11.6 Å². The molecule has 0 radical (unpaired) electrons. The van der Waals surface area contributed by atoms with Gasteiger partial charge in [0.2, 0.25) is 6.79 Å². The van der Waals surface area contributed by atoms with Gasteiger partial charge in [0.1, 0.15) is 6.17 Å². The van der Waals surface area contributed by atoms with Gasteiger partial charge in [-0.05, 0) is 37.6 Å². The molecule has 0 spiro atoms. The Kier molecular flexibility index (Phi) is 3.96. The summed E-state index contributed by atoms with van der Waals surface area (Å²) in [6.07, 6.45) is 0.536. The zero-order chi connectivity index (χ0) is 17.6. The van der Waals surface area contributed by atoms with E-state index in [1.54, 1.807) is 0 Å². The number of anilines is 1. The van der Waals surface area contributed by atoms with Crippen LogP contribution in [0.1, 0.15) is 42.4 Å². The molecule has 2 heterocycles. The number of benzene rings is 2. The van der Waals surface area contributed by atoms with Crippen molar-refractivity contribution in [3.8, 4) is 11.5 Å². The number of para-hydroxylation sites is 1. The number of amides is 1. The molecule has 5 nitrogen and oxygen atoms in total. The van der Waals surface area contributed by atoms with Gasteiger partial charge in [-0.2, -0.15) is 0 Å². The Labute approximate surface area is 151 Å². The first-order chi connectivity index (χ1) is 12.1. The summed E-state index contributed by atoms with van der Waals surface area (Å²) in [5.41, 5.74) is 2.38. The fraction of sp³-hybridized carbons (Fsp3) is 0.316. The number of halogens is 1. The van der Waals surface area contributed by atoms with Crippen LogP contribution in [-0.4, -0.2) is 23.6 Å². The molecule has 0 bridgehead atoms. The molecule has 2 aromatic carbocycles. The minimum Gasteiger partial charge on any atom is -0.454 e. The van der Waals surface area contributed by atoms with Gasteiger partial charge in [0, 0.05) is 17.3 Å². The van der Waals surface area contributed by atoms with Gasteiger partial charge < -0.3 is 19.7 Å². The minimum absolute atomic E-state index is 0.0162. The Morgan fingerprint density at radius 1 is 1.32 bits per heavy atom. The Hall–Kier alpha value is -2.40. The van der Waals surface area contributed by atoms with Crippen LogP contribution in [0.5, 0.6) is 11.5 Å². The number of fused-ring (bicyclic) bond motifs is 2. The average molecular weight is 359 g/mol. The number of carbonyl (C=O) groups excluding carboxylic acids is 1. The molecule has 2 atom stereocenters. The van der Waals surface area contributed by atoms with Crippen LogP contribution in [0.4, 0.5) is 5.69 Å². The van der Waals surface area contributed by atoms with E-state index < -0.39 is 0 Å². The van der Waals surface area contributed by atoms with Crippen molar-refractivity contribution in [1.29, 1.82) is 0 Å². The summed E-state index contributed by atoms with van der Waals surface area (Å²) >= 11 is 6.36. The van der Waals surface area contributed by atoms with Crippen LogP contribution in [0.15, 0.2) is 36.4 Å². The van der Waals surface area contributed by atoms with E-state index in [0.717, 1.165) is 17.7 Å². The highest BCUT2D eigenvalue weighted by Crippen LogP contribution is 2.43. The summed E-state index contributed by atoms with van der Waals surface area (Å²) in [4.78, 5) is 15.0. The van der Waals surface area contributed by atoms with Crippen LogP contribution in [0, 0.1) is 0 Å². The molecule has 0 aromatic heterocycles. The van der Waals surface area contributed by atoms with Gasteiger partial charge in [-0.1, -0.05) is 30.7 Å². The second-order valence-corrected chi connectivity index (χ2v) is 6.71. The minimum atomic E-state index is -0.315. The van der Waals surface area contributed by atoms with E-state index in [9.17, 15) is 4.79 Å². The Morgan fingerprint density at radius 3 is 2.92 bits per heavy atom. The van der Waals surface area contributed by atoms with Crippen molar-refractivity contribution in [3.63, 3.8) is 0 Å². The van der Waals surface area contributed by atoms with Crippen molar-refractivity contribution < 1.29 is 14.3 Å². The number of ether oxygens (including phenoxy) is 2. The highest BCUT2D eigenvalue weighted by molar-refractivity contribution is 6.32. The summed E-state index contributed by atoms with van der Waals surface area (Å²) in [5.74, 6) is 1.19. The molecule has 1 N–H and O–H groups in total. The fourth-order valence-corrected chi connectivity index (χ4v) is 3.58. The molecule has 0 unspecified atom stereocenters. The van der Waals surface area contributed by atoms with E-state index in [1.807, 2.05) is 41.3 Å². The normalized spacial score (nSPS) is 19.4. The standard InChI is InChI=1S/C19H19ClN2O3/c1-3-11(2)22-18(21-15-7-5-4-6-13(15)19(22)23)12-8-14(20)17-16(9-12)24-10-25-17/h4-9,11,18,21H,3,10H2,1-2H3/t11-,18+/m1/s1. The van der Waals surface area contributed by atoms with Gasteiger partial charge >= 0.3 is 0 Å². The quantitative estimate of drug-likeness (QED) is 0.881. The van der Waals surface area contributed by atoms with E-state index in [0.29, 0.717) is 22.1 Å². The van der Waals surface area contributed by atoms with Crippen LogP contribution in [0.3, 0.4) is 0 Å². The number of nitrogens with one attached hydrogen (secondary N) is 1. The topological polar surface area (TPSA) is 50.8 Å². The number of carbonyl (C=O) groups is 1. The third-order valence-electron chi connectivity index (χ3n) is 4.79. The molecule has 1 amide bonds. The molecule has 130 valence electrons. The average Bonchev–Trinajstić information content (AvgIpc) is 3.10. The lowest BCUT2D eigenvalue weighted by Gasteiger charge is -2.41. The first-order valence-corrected chi connectivity index (χ1v) is 8.75. The molecule has 2 aliphatic rings. The molecule has 2 aromatic rings. The molecule has 0 fully saturated rings. The highest BCUT2D eigenvalue weighted by Gasteiger charge is 2.36. The van der Waals surface area contributed by atoms with E-state index >= 15 is 0 Å². The van der Waals surface area contributed by atoms with E-state index in [4.69, 9.17) is 21.1 Å². The summed E-state index contributed by atoms with van der Waals surface area (Å²) in [6.45, 7) is 4.28. The number of hydrogen-bond acceptors (Lipinski definition) is 4. The largest absolute Gasteiger partial charge is 0.454 e. The SMILES string of the molecule is CC[C@@H](C)N1C(=O)c2ccccc2N[C@@H]1c1cc(Cl)c2c(c1)OCO2. The maximum Gasteiger partial charge on any atom is 0.258 e. The zero-order valence-corrected chi connectivity index (χ0v) is 14.8. The maximum absolute atomic E-state index is 13.1. The molecule has 0 saturated heterocycles. The van der Waals surface area contributed by atoms with Crippen molar-refractivity contribution in [2.24, 2.45) is 0 Å². The van der Waals surface area contributed by atoms with E-state index in [-0.39, 0.29) is 24.9 Å². The van der Waals surface area contributed by atoms with Crippen molar-refractivity contribution in [2.45, 2.75) is 32.5 Å². The van der Waals surface area contributed by atoms with Gasteiger partial charge in [0.05, 0.1) is 10.6 Å². The van der Waals surface area contributed by atoms with Crippen LogP contribution in [0.25, 0.3) is 0 Å². The number of rotatable bonds is 3. The second-order valence-electron chi connectivity index (χ2n) is 6.30. The molecular weight excluding hydrogens is 340 g/mol. The smallest absolute Gasteiger partial charge is 0.258 e. The molecule has 2 aliphatic heterocycles. The van der Waals surface area contributed by atoms with Crippen molar-refractivity contribution in [3.05, 3.63) is 52.5 Å². The molecule has 25 heavy (non-hydrogen) atoms. The molecule has 4 rings (SSSR count). The van der Waals surface area contributed by atoms with Crippen LogP contribution in [-0.2, 0) is 0 Å². The predicted octanol–water partition coefficient (Wildman–Crippen LogP) is 4.43. The van der Waals surface area contributed by atoms with Crippen molar-refractivity contribution in [2.75, 3.05) is 12.1 Å². The molecule has 0 saturated carbocycles. The lowest BCUT2D eigenvalue weighted by Crippen LogP contribution is -2.47.